The third-order valence-corrected chi connectivity index (χ3v) is 4.93. The van der Waals surface area contributed by atoms with E-state index < -0.39 is 0 Å². The lowest BCUT2D eigenvalue weighted by Gasteiger charge is -2.44. The number of rotatable bonds is 4. The minimum absolute atomic E-state index is 0.379. The molecule has 3 rings (SSSR count). The van der Waals surface area contributed by atoms with Crippen molar-refractivity contribution in [3.63, 3.8) is 0 Å². The lowest BCUT2D eigenvalue weighted by molar-refractivity contribution is 0.0467. The average molecular weight is 262 g/mol. The highest BCUT2D eigenvalue weighted by Crippen LogP contribution is 2.27. The molecule has 1 saturated carbocycles. The molecule has 2 saturated heterocycles. The normalized spacial score (nSPS) is 35.6. The van der Waals surface area contributed by atoms with Crippen molar-refractivity contribution in [3.8, 4) is 6.07 Å². The van der Waals surface area contributed by atoms with Crippen LogP contribution in [0.5, 0.6) is 0 Å². The summed E-state index contributed by atoms with van der Waals surface area (Å²) < 4.78 is 0. The zero-order valence-electron chi connectivity index (χ0n) is 12.2. The summed E-state index contributed by atoms with van der Waals surface area (Å²) in [4.78, 5) is 5.17. The number of hydrogen-bond acceptors (Lipinski definition) is 4. The van der Waals surface area contributed by atoms with Crippen molar-refractivity contribution in [2.45, 2.75) is 63.2 Å². The SMILES string of the molecule is CC1CN2CCCC2CN1CC(C)(C#N)NC1CC1. The number of nitriles is 1. The van der Waals surface area contributed by atoms with Gasteiger partial charge in [0.15, 0.2) is 0 Å². The van der Waals surface area contributed by atoms with Crippen LogP contribution in [0.25, 0.3) is 0 Å². The van der Waals surface area contributed by atoms with Crippen molar-refractivity contribution in [2.75, 3.05) is 26.2 Å². The molecule has 1 aliphatic carbocycles. The van der Waals surface area contributed by atoms with E-state index in [1.165, 1.54) is 38.8 Å². The highest BCUT2D eigenvalue weighted by molar-refractivity contribution is 5.10. The van der Waals surface area contributed by atoms with Crippen molar-refractivity contribution in [2.24, 2.45) is 0 Å². The summed E-state index contributed by atoms with van der Waals surface area (Å²) in [5, 5.41) is 13.0. The Morgan fingerprint density at radius 2 is 2.11 bits per heavy atom. The second-order valence-corrected chi connectivity index (χ2v) is 6.93. The van der Waals surface area contributed by atoms with Gasteiger partial charge in [0.1, 0.15) is 5.54 Å². The molecule has 3 unspecified atom stereocenters. The molecule has 0 aromatic heterocycles. The molecule has 4 heteroatoms. The van der Waals surface area contributed by atoms with Gasteiger partial charge in [0, 0.05) is 37.8 Å². The van der Waals surface area contributed by atoms with Crippen LogP contribution >= 0.6 is 0 Å². The Morgan fingerprint density at radius 1 is 1.32 bits per heavy atom. The van der Waals surface area contributed by atoms with Crippen LogP contribution in [0, 0.1) is 11.3 Å². The monoisotopic (exact) mass is 262 g/mol. The van der Waals surface area contributed by atoms with E-state index in [-0.39, 0.29) is 5.54 Å². The van der Waals surface area contributed by atoms with Gasteiger partial charge in [-0.25, -0.2) is 0 Å². The van der Waals surface area contributed by atoms with Gasteiger partial charge in [-0.3, -0.25) is 15.1 Å². The largest absolute Gasteiger partial charge is 0.298 e. The van der Waals surface area contributed by atoms with E-state index >= 15 is 0 Å². The van der Waals surface area contributed by atoms with Gasteiger partial charge in [0.05, 0.1) is 6.07 Å². The first kappa shape index (κ1) is 13.4. The van der Waals surface area contributed by atoms with Crippen LogP contribution in [0.3, 0.4) is 0 Å². The first-order valence-corrected chi connectivity index (χ1v) is 7.77. The van der Waals surface area contributed by atoms with Gasteiger partial charge < -0.3 is 0 Å². The molecule has 2 heterocycles. The molecule has 1 N–H and O–H groups in total. The Balaban J connectivity index is 1.62. The van der Waals surface area contributed by atoms with Gasteiger partial charge in [-0.2, -0.15) is 5.26 Å². The second kappa shape index (κ2) is 5.05. The van der Waals surface area contributed by atoms with Crippen LogP contribution < -0.4 is 5.32 Å². The maximum atomic E-state index is 9.52. The summed E-state index contributed by atoms with van der Waals surface area (Å²) in [6, 6.07) is 4.41. The molecule has 0 aromatic carbocycles. The summed E-state index contributed by atoms with van der Waals surface area (Å²) >= 11 is 0. The van der Waals surface area contributed by atoms with Crippen LogP contribution in [0.4, 0.5) is 0 Å². The number of hydrogen-bond donors (Lipinski definition) is 1. The van der Waals surface area contributed by atoms with Gasteiger partial charge in [0.25, 0.3) is 0 Å². The third kappa shape index (κ3) is 2.94. The number of nitrogens with one attached hydrogen (secondary N) is 1. The third-order valence-electron chi connectivity index (χ3n) is 4.93. The molecular weight excluding hydrogens is 236 g/mol. The lowest BCUT2D eigenvalue weighted by Crippen LogP contribution is -2.60. The minimum atomic E-state index is -0.379. The molecule has 19 heavy (non-hydrogen) atoms. The van der Waals surface area contributed by atoms with E-state index in [4.69, 9.17) is 0 Å². The maximum Gasteiger partial charge on any atom is 0.116 e. The molecule has 0 radical (unpaired) electrons. The molecular formula is C15H26N4. The van der Waals surface area contributed by atoms with Crippen LogP contribution in [0.2, 0.25) is 0 Å². The maximum absolute atomic E-state index is 9.52. The molecule has 3 atom stereocenters. The average Bonchev–Trinajstić information content (AvgIpc) is 3.07. The van der Waals surface area contributed by atoms with Crippen molar-refractivity contribution in [1.82, 2.24) is 15.1 Å². The van der Waals surface area contributed by atoms with Crippen LogP contribution in [-0.2, 0) is 0 Å². The fraction of sp³-hybridized carbons (Fsp3) is 0.933. The van der Waals surface area contributed by atoms with E-state index in [9.17, 15) is 5.26 Å². The Kier molecular flexibility index (Phi) is 3.55. The Hall–Kier alpha value is -0.630. The lowest BCUT2D eigenvalue weighted by atomic mass is 10.00. The molecule has 2 aliphatic heterocycles. The van der Waals surface area contributed by atoms with E-state index in [2.05, 4.69) is 35.0 Å². The van der Waals surface area contributed by atoms with Crippen molar-refractivity contribution < 1.29 is 0 Å². The Labute approximate surface area is 116 Å². The molecule has 106 valence electrons. The van der Waals surface area contributed by atoms with E-state index in [0.29, 0.717) is 12.1 Å². The minimum Gasteiger partial charge on any atom is -0.298 e. The summed E-state index contributed by atoms with van der Waals surface area (Å²) in [6.45, 7) is 8.84. The van der Waals surface area contributed by atoms with Gasteiger partial charge >= 0.3 is 0 Å². The van der Waals surface area contributed by atoms with E-state index in [0.717, 1.165) is 19.1 Å². The zero-order valence-corrected chi connectivity index (χ0v) is 12.2. The molecule has 0 amide bonds. The predicted octanol–water partition coefficient (Wildman–Crippen LogP) is 1.19. The number of fused-ring (bicyclic) bond motifs is 1. The number of piperazine rings is 1. The van der Waals surface area contributed by atoms with Crippen molar-refractivity contribution >= 4 is 0 Å². The van der Waals surface area contributed by atoms with Crippen LogP contribution in [-0.4, -0.2) is 59.6 Å². The quantitative estimate of drug-likeness (QED) is 0.826. The van der Waals surface area contributed by atoms with Gasteiger partial charge in [-0.1, -0.05) is 0 Å². The first-order chi connectivity index (χ1) is 9.09. The fourth-order valence-electron chi connectivity index (χ4n) is 3.67. The van der Waals surface area contributed by atoms with Crippen LogP contribution in [0.1, 0.15) is 39.5 Å². The highest BCUT2D eigenvalue weighted by atomic mass is 15.3. The Morgan fingerprint density at radius 3 is 2.79 bits per heavy atom. The molecule has 0 bridgehead atoms. The first-order valence-electron chi connectivity index (χ1n) is 7.77. The standard InChI is InChI=1S/C15H26N4/c1-12-8-18-7-3-4-14(18)9-19(12)11-15(2,10-16)17-13-5-6-13/h12-14,17H,3-9,11H2,1-2H3. The van der Waals surface area contributed by atoms with E-state index in [1.807, 2.05) is 0 Å². The highest BCUT2D eigenvalue weighted by Gasteiger charge is 2.39. The molecule has 3 aliphatic rings. The zero-order chi connectivity index (χ0) is 13.5. The van der Waals surface area contributed by atoms with Gasteiger partial charge in [0.2, 0.25) is 0 Å². The summed E-state index contributed by atoms with van der Waals surface area (Å²) in [7, 11) is 0. The van der Waals surface area contributed by atoms with Gasteiger partial charge in [-0.15, -0.1) is 0 Å². The van der Waals surface area contributed by atoms with Crippen LogP contribution in [0.15, 0.2) is 0 Å². The number of nitrogens with zero attached hydrogens (tertiary/aromatic N) is 3. The molecule has 3 fully saturated rings. The van der Waals surface area contributed by atoms with Crippen molar-refractivity contribution in [3.05, 3.63) is 0 Å². The fourth-order valence-corrected chi connectivity index (χ4v) is 3.67. The Bertz CT molecular complexity index is 373. The molecule has 4 nitrogen and oxygen atoms in total. The van der Waals surface area contributed by atoms with Crippen molar-refractivity contribution in [1.29, 1.82) is 5.26 Å². The topological polar surface area (TPSA) is 42.3 Å². The van der Waals surface area contributed by atoms with E-state index in [1.54, 1.807) is 0 Å². The second-order valence-electron chi connectivity index (χ2n) is 6.93. The molecule has 0 aromatic rings. The summed E-state index contributed by atoms with van der Waals surface area (Å²) in [6.07, 6.45) is 5.16. The summed E-state index contributed by atoms with van der Waals surface area (Å²) in [5.74, 6) is 0. The summed E-state index contributed by atoms with van der Waals surface area (Å²) in [5.41, 5.74) is -0.379. The smallest absolute Gasteiger partial charge is 0.116 e. The predicted molar refractivity (Wildman–Crippen MR) is 75.8 cm³/mol. The molecule has 0 spiro atoms. The van der Waals surface area contributed by atoms with Gasteiger partial charge in [-0.05, 0) is 46.1 Å².